The fourth-order valence-electron chi connectivity index (χ4n) is 4.95. The first kappa shape index (κ1) is 35.2. The van der Waals surface area contributed by atoms with Gasteiger partial charge >= 0.3 is 0 Å². The molecule has 0 saturated carbocycles. The SMILES string of the molecule is CCCCNC(=O)C(Cc1ccccc1)N(Cc1ccc(Br)cc1)C(=O)CN(c1ccc(C)c(Cl)c1)S(=O)(=O)c1ccc(C)cc1. The summed E-state index contributed by atoms with van der Waals surface area (Å²) in [6.45, 7) is 5.75. The average Bonchev–Trinajstić information content (AvgIpc) is 3.04. The van der Waals surface area contributed by atoms with Gasteiger partial charge < -0.3 is 10.2 Å². The Bertz CT molecular complexity index is 1730. The van der Waals surface area contributed by atoms with E-state index in [0.717, 1.165) is 43.9 Å². The first-order valence-corrected chi connectivity index (χ1v) is 17.8. The predicted molar refractivity (Wildman–Crippen MR) is 188 cm³/mol. The normalized spacial score (nSPS) is 11.9. The number of unbranched alkanes of at least 4 members (excludes halogenated alkanes) is 1. The van der Waals surface area contributed by atoms with E-state index in [0.29, 0.717) is 11.6 Å². The van der Waals surface area contributed by atoms with Gasteiger partial charge in [-0.1, -0.05) is 107 Å². The van der Waals surface area contributed by atoms with E-state index in [-0.39, 0.29) is 29.5 Å². The van der Waals surface area contributed by atoms with Crippen molar-refractivity contribution < 1.29 is 18.0 Å². The number of rotatable bonds is 14. The number of anilines is 1. The highest BCUT2D eigenvalue weighted by Gasteiger charge is 2.34. The number of sulfonamides is 1. The monoisotopic (exact) mass is 723 g/mol. The van der Waals surface area contributed by atoms with Crippen LogP contribution in [0, 0.1) is 13.8 Å². The largest absolute Gasteiger partial charge is 0.354 e. The number of hydrogen-bond acceptors (Lipinski definition) is 4. The zero-order chi connectivity index (χ0) is 33.3. The van der Waals surface area contributed by atoms with Gasteiger partial charge in [-0.2, -0.15) is 0 Å². The third-order valence-electron chi connectivity index (χ3n) is 7.70. The van der Waals surface area contributed by atoms with Crippen LogP contribution in [0.2, 0.25) is 5.02 Å². The third kappa shape index (κ3) is 9.21. The Morgan fingerprint density at radius 2 is 1.57 bits per heavy atom. The summed E-state index contributed by atoms with van der Waals surface area (Å²) in [5.74, 6) is -0.823. The van der Waals surface area contributed by atoms with Crippen LogP contribution in [0.25, 0.3) is 0 Å². The Hall–Kier alpha value is -3.66. The number of carbonyl (C=O) groups is 2. The maximum atomic E-state index is 14.5. The van der Waals surface area contributed by atoms with E-state index >= 15 is 0 Å². The summed E-state index contributed by atoms with van der Waals surface area (Å²) in [4.78, 5) is 29.9. The smallest absolute Gasteiger partial charge is 0.264 e. The Labute approximate surface area is 285 Å². The average molecular weight is 725 g/mol. The van der Waals surface area contributed by atoms with Gasteiger partial charge in [0.15, 0.2) is 0 Å². The van der Waals surface area contributed by atoms with E-state index in [4.69, 9.17) is 11.6 Å². The molecule has 0 bridgehead atoms. The van der Waals surface area contributed by atoms with E-state index in [1.807, 2.05) is 75.4 Å². The van der Waals surface area contributed by atoms with Crippen LogP contribution in [0.15, 0.2) is 106 Å². The van der Waals surface area contributed by atoms with Crippen LogP contribution < -0.4 is 9.62 Å². The molecule has 0 aliphatic carbocycles. The molecule has 0 aliphatic rings. The summed E-state index contributed by atoms with van der Waals surface area (Å²) in [6.07, 6.45) is 1.94. The number of nitrogens with zero attached hydrogens (tertiary/aromatic N) is 2. The van der Waals surface area contributed by atoms with E-state index in [1.165, 1.54) is 17.0 Å². The molecule has 0 spiro atoms. The molecule has 4 rings (SSSR count). The number of nitrogens with one attached hydrogen (secondary N) is 1. The van der Waals surface area contributed by atoms with Crippen LogP contribution in [0.1, 0.15) is 42.0 Å². The minimum absolute atomic E-state index is 0.0419. The van der Waals surface area contributed by atoms with Crippen molar-refractivity contribution in [1.29, 1.82) is 0 Å². The highest BCUT2D eigenvalue weighted by Crippen LogP contribution is 2.29. The summed E-state index contributed by atoms with van der Waals surface area (Å²) in [7, 11) is -4.21. The molecule has 242 valence electrons. The molecule has 1 unspecified atom stereocenters. The summed E-state index contributed by atoms with van der Waals surface area (Å²) in [5.41, 5.74) is 3.59. The molecule has 0 heterocycles. The van der Waals surface area contributed by atoms with Gasteiger partial charge in [-0.3, -0.25) is 13.9 Å². The lowest BCUT2D eigenvalue weighted by Gasteiger charge is -2.34. The number of carbonyl (C=O) groups excluding carboxylic acids is 2. The van der Waals surface area contributed by atoms with Gasteiger partial charge in [-0.15, -0.1) is 0 Å². The molecule has 0 saturated heterocycles. The van der Waals surface area contributed by atoms with Crippen LogP contribution in [0.4, 0.5) is 5.69 Å². The first-order chi connectivity index (χ1) is 22.0. The zero-order valence-electron chi connectivity index (χ0n) is 26.2. The van der Waals surface area contributed by atoms with Crippen molar-refractivity contribution in [3.8, 4) is 0 Å². The van der Waals surface area contributed by atoms with E-state index in [2.05, 4.69) is 21.2 Å². The van der Waals surface area contributed by atoms with Gasteiger partial charge in [0.2, 0.25) is 11.8 Å². The number of hydrogen-bond donors (Lipinski definition) is 1. The van der Waals surface area contributed by atoms with Crippen molar-refractivity contribution >= 4 is 55.1 Å². The summed E-state index contributed by atoms with van der Waals surface area (Å²) in [6, 6.07) is 27.5. The molecule has 2 amide bonds. The van der Waals surface area contributed by atoms with Crippen molar-refractivity contribution in [3.63, 3.8) is 0 Å². The summed E-state index contributed by atoms with van der Waals surface area (Å²) < 4.78 is 30.3. The topological polar surface area (TPSA) is 86.8 Å². The fraction of sp³-hybridized carbons (Fsp3) is 0.278. The third-order valence-corrected chi connectivity index (χ3v) is 10.4. The Balaban J connectivity index is 1.80. The quantitative estimate of drug-likeness (QED) is 0.137. The number of halogens is 2. The molecule has 0 fully saturated rings. The van der Waals surface area contributed by atoms with Gasteiger partial charge in [0.25, 0.3) is 10.0 Å². The maximum absolute atomic E-state index is 14.5. The lowest BCUT2D eigenvalue weighted by molar-refractivity contribution is -0.140. The van der Waals surface area contributed by atoms with Crippen LogP contribution in [-0.4, -0.2) is 44.3 Å². The minimum Gasteiger partial charge on any atom is -0.354 e. The van der Waals surface area contributed by atoms with Crippen molar-refractivity contribution in [3.05, 3.63) is 129 Å². The lowest BCUT2D eigenvalue weighted by Crippen LogP contribution is -2.53. The lowest BCUT2D eigenvalue weighted by atomic mass is 10.0. The molecule has 46 heavy (non-hydrogen) atoms. The van der Waals surface area contributed by atoms with E-state index < -0.39 is 28.5 Å². The summed E-state index contributed by atoms with van der Waals surface area (Å²) >= 11 is 9.92. The van der Waals surface area contributed by atoms with Gasteiger partial charge in [-0.05, 0) is 73.4 Å². The van der Waals surface area contributed by atoms with E-state index in [1.54, 1.807) is 30.3 Å². The molecule has 4 aromatic carbocycles. The number of aryl methyl sites for hydroxylation is 2. The van der Waals surface area contributed by atoms with Crippen LogP contribution in [0.5, 0.6) is 0 Å². The Kier molecular flexibility index (Phi) is 12.4. The Morgan fingerprint density at radius 1 is 0.891 bits per heavy atom. The highest BCUT2D eigenvalue weighted by atomic mass is 79.9. The van der Waals surface area contributed by atoms with Crippen molar-refractivity contribution in [2.24, 2.45) is 0 Å². The Morgan fingerprint density at radius 3 is 2.20 bits per heavy atom. The minimum atomic E-state index is -4.21. The van der Waals surface area contributed by atoms with Crippen LogP contribution in [0.3, 0.4) is 0 Å². The molecule has 0 aromatic heterocycles. The molecular weight excluding hydrogens is 686 g/mol. The summed E-state index contributed by atoms with van der Waals surface area (Å²) in [5, 5.41) is 3.38. The second-order valence-electron chi connectivity index (χ2n) is 11.3. The highest BCUT2D eigenvalue weighted by molar-refractivity contribution is 9.10. The predicted octanol–water partition coefficient (Wildman–Crippen LogP) is 7.47. The molecule has 4 aromatic rings. The van der Waals surface area contributed by atoms with Gasteiger partial charge in [0, 0.05) is 29.0 Å². The first-order valence-electron chi connectivity index (χ1n) is 15.2. The zero-order valence-corrected chi connectivity index (χ0v) is 29.4. The van der Waals surface area contributed by atoms with E-state index in [9.17, 15) is 18.0 Å². The number of benzene rings is 4. The van der Waals surface area contributed by atoms with Crippen LogP contribution >= 0.6 is 27.5 Å². The second-order valence-corrected chi connectivity index (χ2v) is 14.4. The standard InChI is InChI=1S/C36H39BrClN3O4S/c1-4-5-21-39-36(43)34(22-28-9-7-6-8-10-28)40(24-29-14-16-30(37)17-15-29)35(42)25-41(31-18-13-27(3)33(38)23-31)46(44,45)32-19-11-26(2)12-20-32/h6-20,23,34H,4-5,21-22,24-25H2,1-3H3,(H,39,43). The molecule has 10 heteroatoms. The van der Waals surface area contributed by atoms with Gasteiger partial charge in [0.05, 0.1) is 10.6 Å². The molecule has 0 aliphatic heterocycles. The molecular formula is C36H39BrClN3O4S. The van der Waals surface area contributed by atoms with Gasteiger partial charge in [-0.25, -0.2) is 8.42 Å². The van der Waals surface area contributed by atoms with Crippen molar-refractivity contribution in [2.75, 3.05) is 17.4 Å². The molecule has 1 atom stereocenters. The fourth-order valence-corrected chi connectivity index (χ4v) is 6.79. The maximum Gasteiger partial charge on any atom is 0.264 e. The molecule has 0 radical (unpaired) electrons. The van der Waals surface area contributed by atoms with Crippen LogP contribution in [-0.2, 0) is 32.6 Å². The number of amides is 2. The van der Waals surface area contributed by atoms with Crippen molar-refractivity contribution in [1.82, 2.24) is 10.2 Å². The van der Waals surface area contributed by atoms with Gasteiger partial charge in [0.1, 0.15) is 12.6 Å². The van der Waals surface area contributed by atoms with Crippen molar-refractivity contribution in [2.45, 2.75) is 57.5 Å². The molecule has 7 nitrogen and oxygen atoms in total. The molecule has 1 N–H and O–H groups in total. The second kappa shape index (κ2) is 16.3.